The molecular formula is C22H16F3N7. The molecule has 0 amide bonds. The zero-order valence-electron chi connectivity index (χ0n) is 16.5. The van der Waals surface area contributed by atoms with Gasteiger partial charge in [-0.15, -0.1) is 5.10 Å². The van der Waals surface area contributed by atoms with Crippen molar-refractivity contribution in [3.05, 3.63) is 90.6 Å². The molecule has 0 aliphatic carbocycles. The van der Waals surface area contributed by atoms with Gasteiger partial charge in [0.25, 0.3) is 0 Å². The number of aromatic nitrogens is 6. The summed E-state index contributed by atoms with van der Waals surface area (Å²) in [6, 6.07) is 18.1. The van der Waals surface area contributed by atoms with E-state index in [1.807, 2.05) is 59.4 Å². The lowest BCUT2D eigenvalue weighted by atomic mass is 10.2. The highest BCUT2D eigenvalue weighted by Crippen LogP contribution is 2.28. The van der Waals surface area contributed by atoms with E-state index < -0.39 is 11.9 Å². The summed E-state index contributed by atoms with van der Waals surface area (Å²) in [6.07, 6.45) is 0.166. The van der Waals surface area contributed by atoms with Crippen LogP contribution < -0.4 is 5.32 Å². The molecule has 0 fully saturated rings. The molecule has 7 nitrogen and oxygen atoms in total. The Hall–Kier alpha value is -4.21. The van der Waals surface area contributed by atoms with Gasteiger partial charge in [-0.1, -0.05) is 23.4 Å². The van der Waals surface area contributed by atoms with Crippen LogP contribution in [0.5, 0.6) is 0 Å². The Kier molecular flexibility index (Phi) is 4.81. The van der Waals surface area contributed by atoms with Crippen molar-refractivity contribution in [1.29, 1.82) is 0 Å². The summed E-state index contributed by atoms with van der Waals surface area (Å²) in [5, 5.41) is 16.6. The molecule has 10 heteroatoms. The quantitative estimate of drug-likeness (QED) is 0.436. The van der Waals surface area contributed by atoms with Gasteiger partial charge in [-0.3, -0.25) is 4.98 Å². The van der Waals surface area contributed by atoms with Crippen molar-refractivity contribution >= 4 is 16.6 Å². The third kappa shape index (κ3) is 3.89. The number of nitrogens with one attached hydrogen (secondary N) is 1. The van der Waals surface area contributed by atoms with Crippen molar-refractivity contribution in [2.24, 2.45) is 0 Å². The molecule has 0 aliphatic rings. The Morgan fingerprint density at radius 1 is 0.938 bits per heavy atom. The minimum atomic E-state index is -4.49. The number of fused-ring (bicyclic) bond motifs is 1. The maximum absolute atomic E-state index is 12.8. The summed E-state index contributed by atoms with van der Waals surface area (Å²) in [7, 11) is 0. The predicted molar refractivity (Wildman–Crippen MR) is 113 cm³/mol. The Labute approximate surface area is 180 Å². The van der Waals surface area contributed by atoms with Crippen molar-refractivity contribution in [3.63, 3.8) is 0 Å². The topological polar surface area (TPSA) is 73.5 Å². The molecule has 0 saturated heterocycles. The Balaban J connectivity index is 1.30. The summed E-state index contributed by atoms with van der Waals surface area (Å²) in [5.74, 6) is 0. The van der Waals surface area contributed by atoms with E-state index in [2.05, 4.69) is 25.7 Å². The van der Waals surface area contributed by atoms with Crippen LogP contribution in [0.15, 0.2) is 79.3 Å². The number of pyridine rings is 1. The van der Waals surface area contributed by atoms with Gasteiger partial charge in [0, 0.05) is 17.3 Å². The van der Waals surface area contributed by atoms with Crippen LogP contribution in [0.2, 0.25) is 0 Å². The molecule has 0 atom stereocenters. The molecule has 0 unspecified atom stereocenters. The highest BCUT2D eigenvalue weighted by molar-refractivity contribution is 5.80. The molecule has 0 spiro atoms. The van der Waals surface area contributed by atoms with Crippen molar-refractivity contribution in [2.75, 3.05) is 5.32 Å². The standard InChI is InChI=1S/C22H16F3N7/c23-22(24,25)21-11-16(9-10-26-21)27-13-17-14-31(30-29-17)18-5-7-19(8-6-18)32-20-4-2-1-3-15(20)12-28-32/h1-12,14H,13H2,(H,26,27). The number of halogens is 3. The van der Waals surface area contributed by atoms with Gasteiger partial charge in [0.1, 0.15) is 11.4 Å². The van der Waals surface area contributed by atoms with Crippen LogP contribution in [0.4, 0.5) is 18.9 Å². The van der Waals surface area contributed by atoms with Gasteiger partial charge in [-0.05, 0) is 42.5 Å². The molecule has 0 saturated carbocycles. The molecule has 3 heterocycles. The van der Waals surface area contributed by atoms with Gasteiger partial charge in [0.2, 0.25) is 0 Å². The van der Waals surface area contributed by atoms with E-state index in [1.165, 1.54) is 6.07 Å². The third-order valence-electron chi connectivity index (χ3n) is 4.90. The number of nitrogens with zero attached hydrogens (tertiary/aromatic N) is 6. The highest BCUT2D eigenvalue weighted by Gasteiger charge is 2.32. The summed E-state index contributed by atoms with van der Waals surface area (Å²) < 4.78 is 41.9. The van der Waals surface area contributed by atoms with Crippen LogP contribution in [-0.4, -0.2) is 29.8 Å². The average Bonchev–Trinajstić information content (AvgIpc) is 3.45. The Morgan fingerprint density at radius 2 is 1.72 bits per heavy atom. The zero-order valence-corrected chi connectivity index (χ0v) is 16.5. The summed E-state index contributed by atoms with van der Waals surface area (Å²) in [4.78, 5) is 3.35. The number of para-hydroxylation sites is 1. The first-order chi connectivity index (χ1) is 15.5. The van der Waals surface area contributed by atoms with E-state index >= 15 is 0 Å². The summed E-state index contributed by atoms with van der Waals surface area (Å²) in [5.41, 5.74) is 2.66. The van der Waals surface area contributed by atoms with Gasteiger partial charge in [0.05, 0.1) is 35.8 Å². The third-order valence-corrected chi connectivity index (χ3v) is 4.90. The monoisotopic (exact) mass is 435 g/mol. The molecule has 2 aromatic carbocycles. The SMILES string of the molecule is FC(F)(F)c1cc(NCc2cn(-c3ccc(-n4ncc5ccccc54)cc3)nn2)ccn1. The van der Waals surface area contributed by atoms with Crippen molar-refractivity contribution in [1.82, 2.24) is 29.8 Å². The molecule has 5 aromatic rings. The predicted octanol–water partition coefficient (Wildman–Crippen LogP) is 4.63. The van der Waals surface area contributed by atoms with E-state index in [4.69, 9.17) is 0 Å². The Morgan fingerprint density at radius 3 is 2.53 bits per heavy atom. The number of benzene rings is 2. The van der Waals surface area contributed by atoms with Crippen molar-refractivity contribution in [3.8, 4) is 11.4 Å². The number of hydrogen-bond acceptors (Lipinski definition) is 5. The fraction of sp³-hybridized carbons (Fsp3) is 0.0909. The molecule has 1 N–H and O–H groups in total. The van der Waals surface area contributed by atoms with Crippen LogP contribution in [-0.2, 0) is 12.7 Å². The number of anilines is 1. The van der Waals surface area contributed by atoms with Crippen molar-refractivity contribution < 1.29 is 13.2 Å². The van der Waals surface area contributed by atoms with Gasteiger partial charge in [0.15, 0.2) is 0 Å². The normalized spacial score (nSPS) is 11.7. The van der Waals surface area contributed by atoms with Crippen LogP contribution in [0, 0.1) is 0 Å². The second kappa shape index (κ2) is 7.80. The molecule has 0 radical (unpaired) electrons. The fourth-order valence-electron chi connectivity index (χ4n) is 3.32. The first-order valence-electron chi connectivity index (χ1n) is 9.69. The maximum Gasteiger partial charge on any atom is 0.433 e. The van der Waals surface area contributed by atoms with Crippen LogP contribution >= 0.6 is 0 Å². The van der Waals surface area contributed by atoms with E-state index in [1.54, 1.807) is 10.9 Å². The summed E-state index contributed by atoms with van der Waals surface area (Å²) >= 11 is 0. The molecule has 32 heavy (non-hydrogen) atoms. The van der Waals surface area contributed by atoms with E-state index in [9.17, 15) is 13.2 Å². The lowest BCUT2D eigenvalue weighted by Crippen LogP contribution is -2.09. The highest BCUT2D eigenvalue weighted by atomic mass is 19.4. The first-order valence-corrected chi connectivity index (χ1v) is 9.69. The summed E-state index contributed by atoms with van der Waals surface area (Å²) in [6.45, 7) is 0.221. The van der Waals surface area contributed by atoms with Crippen LogP contribution in [0.25, 0.3) is 22.3 Å². The molecule has 5 rings (SSSR count). The zero-order chi connectivity index (χ0) is 22.1. The molecule has 0 aliphatic heterocycles. The number of hydrogen-bond donors (Lipinski definition) is 1. The van der Waals surface area contributed by atoms with Crippen LogP contribution in [0.3, 0.4) is 0 Å². The molecule has 3 aromatic heterocycles. The number of rotatable bonds is 5. The van der Waals surface area contributed by atoms with Gasteiger partial charge < -0.3 is 5.32 Å². The van der Waals surface area contributed by atoms with Gasteiger partial charge >= 0.3 is 6.18 Å². The lowest BCUT2D eigenvalue weighted by Gasteiger charge is -2.08. The van der Waals surface area contributed by atoms with Gasteiger partial charge in [-0.25, -0.2) is 9.36 Å². The molecule has 160 valence electrons. The van der Waals surface area contributed by atoms with E-state index in [0.29, 0.717) is 11.4 Å². The fourth-order valence-corrected chi connectivity index (χ4v) is 3.32. The van der Waals surface area contributed by atoms with Gasteiger partial charge in [-0.2, -0.15) is 18.3 Å². The van der Waals surface area contributed by atoms with E-state index in [0.717, 1.165) is 34.5 Å². The molecule has 0 bridgehead atoms. The minimum absolute atomic E-state index is 0.221. The second-order valence-electron chi connectivity index (χ2n) is 7.07. The maximum atomic E-state index is 12.8. The first kappa shape index (κ1) is 19.7. The largest absolute Gasteiger partial charge is 0.433 e. The number of alkyl halides is 3. The molecular weight excluding hydrogens is 419 g/mol. The van der Waals surface area contributed by atoms with Crippen LogP contribution in [0.1, 0.15) is 11.4 Å². The van der Waals surface area contributed by atoms with E-state index in [-0.39, 0.29) is 6.54 Å². The Bertz CT molecular complexity index is 1370. The smallest absolute Gasteiger partial charge is 0.379 e. The van der Waals surface area contributed by atoms with Crippen molar-refractivity contribution in [2.45, 2.75) is 12.7 Å². The minimum Gasteiger partial charge on any atom is -0.379 e. The second-order valence-corrected chi connectivity index (χ2v) is 7.07. The average molecular weight is 435 g/mol. The lowest BCUT2D eigenvalue weighted by molar-refractivity contribution is -0.141.